The maximum atomic E-state index is 6.02. The lowest BCUT2D eigenvalue weighted by molar-refractivity contribution is 0.210. The molecule has 0 aliphatic carbocycles. The number of thioether (sulfide) groups is 1. The minimum atomic E-state index is -0.137. The Morgan fingerprint density at radius 1 is 1.35 bits per heavy atom. The fraction of sp³-hybridized carbons (Fsp3) is 0.333. The van der Waals surface area contributed by atoms with Crippen LogP contribution in [0.3, 0.4) is 0 Å². The molecule has 1 atom stereocenters. The second-order valence-corrected chi connectivity index (χ2v) is 5.81. The van der Waals surface area contributed by atoms with Gasteiger partial charge in [-0.2, -0.15) is 0 Å². The van der Waals surface area contributed by atoms with E-state index in [4.69, 9.17) is 10.5 Å². The van der Waals surface area contributed by atoms with Crippen LogP contribution in [0.25, 0.3) is 0 Å². The minimum Gasteiger partial charge on any atom is -0.480 e. The Kier molecular flexibility index (Phi) is 3.53. The number of aryl methyl sites for hydroxylation is 1. The normalized spacial score (nSPS) is 17.4. The third kappa shape index (κ3) is 2.33. The van der Waals surface area contributed by atoms with Gasteiger partial charge in [0.1, 0.15) is 11.6 Å². The minimum absolute atomic E-state index is 0.137. The number of hydrogen-bond donors (Lipinski definition) is 1. The Morgan fingerprint density at radius 3 is 2.90 bits per heavy atom. The fourth-order valence-electron chi connectivity index (χ4n) is 2.37. The van der Waals surface area contributed by atoms with Crippen LogP contribution in [0.5, 0.6) is 5.75 Å². The van der Waals surface area contributed by atoms with Crippen LogP contribution in [0.2, 0.25) is 0 Å². The number of nitrogens with zero attached hydrogens (tertiary/aromatic N) is 2. The molecule has 5 heteroatoms. The maximum Gasteiger partial charge on any atom is 0.172 e. The van der Waals surface area contributed by atoms with Gasteiger partial charge in [-0.15, -0.1) is 11.8 Å². The van der Waals surface area contributed by atoms with Gasteiger partial charge < -0.3 is 10.5 Å². The van der Waals surface area contributed by atoms with Crippen molar-refractivity contribution in [2.45, 2.75) is 31.3 Å². The van der Waals surface area contributed by atoms with E-state index in [0.717, 1.165) is 29.2 Å². The van der Waals surface area contributed by atoms with Gasteiger partial charge in [0, 0.05) is 21.9 Å². The van der Waals surface area contributed by atoms with Crippen molar-refractivity contribution in [3.8, 4) is 5.75 Å². The number of anilines is 1. The third-order valence-electron chi connectivity index (χ3n) is 3.41. The molecule has 0 fully saturated rings. The van der Waals surface area contributed by atoms with Gasteiger partial charge in [0.05, 0.1) is 0 Å². The highest BCUT2D eigenvalue weighted by atomic mass is 32.2. The second kappa shape index (κ2) is 5.32. The molecule has 104 valence electrons. The predicted octanol–water partition coefficient (Wildman–Crippen LogP) is 3.16. The molecular formula is C15H17N3OS. The highest BCUT2D eigenvalue weighted by Crippen LogP contribution is 2.39. The summed E-state index contributed by atoms with van der Waals surface area (Å²) >= 11 is 1.77. The highest BCUT2D eigenvalue weighted by molar-refractivity contribution is 7.99. The topological polar surface area (TPSA) is 61.0 Å². The van der Waals surface area contributed by atoms with E-state index in [1.165, 1.54) is 4.90 Å². The van der Waals surface area contributed by atoms with Crippen LogP contribution in [-0.2, 0) is 6.42 Å². The molecule has 0 amide bonds. The molecule has 2 N–H and O–H groups in total. The number of nitrogens with two attached hydrogens (primary N) is 1. The molecule has 3 rings (SSSR count). The van der Waals surface area contributed by atoms with Crippen molar-refractivity contribution in [2.75, 3.05) is 11.5 Å². The van der Waals surface area contributed by atoms with Crippen LogP contribution in [0.1, 0.15) is 30.1 Å². The number of aromatic nitrogens is 2. The molecule has 0 saturated carbocycles. The molecule has 0 bridgehead atoms. The zero-order valence-corrected chi connectivity index (χ0v) is 12.4. The summed E-state index contributed by atoms with van der Waals surface area (Å²) in [6.07, 6.45) is 0.711. The van der Waals surface area contributed by atoms with Crippen molar-refractivity contribution >= 4 is 17.6 Å². The van der Waals surface area contributed by atoms with Gasteiger partial charge in [-0.1, -0.05) is 19.1 Å². The summed E-state index contributed by atoms with van der Waals surface area (Å²) in [5, 5.41) is 0. The monoisotopic (exact) mass is 287 g/mol. The van der Waals surface area contributed by atoms with Crippen molar-refractivity contribution in [2.24, 2.45) is 0 Å². The summed E-state index contributed by atoms with van der Waals surface area (Å²) in [5.74, 6) is 2.95. The summed E-state index contributed by atoms with van der Waals surface area (Å²) < 4.78 is 6.00. The first-order valence-corrected chi connectivity index (χ1v) is 7.69. The van der Waals surface area contributed by atoms with Gasteiger partial charge in [0.2, 0.25) is 0 Å². The maximum absolute atomic E-state index is 6.02. The average Bonchev–Trinajstić information content (AvgIpc) is 2.46. The van der Waals surface area contributed by atoms with E-state index in [0.29, 0.717) is 11.6 Å². The van der Waals surface area contributed by atoms with E-state index in [9.17, 15) is 0 Å². The lowest BCUT2D eigenvalue weighted by Gasteiger charge is -2.25. The zero-order valence-electron chi connectivity index (χ0n) is 11.6. The predicted molar refractivity (Wildman–Crippen MR) is 81.1 cm³/mol. The number of para-hydroxylation sites is 1. The second-order valence-electron chi connectivity index (χ2n) is 4.75. The summed E-state index contributed by atoms with van der Waals surface area (Å²) in [6, 6.07) is 8.04. The van der Waals surface area contributed by atoms with Gasteiger partial charge in [-0.05, 0) is 25.5 Å². The summed E-state index contributed by atoms with van der Waals surface area (Å²) in [5.41, 5.74) is 7.99. The van der Waals surface area contributed by atoms with Crippen molar-refractivity contribution in [1.29, 1.82) is 0 Å². The molecule has 20 heavy (non-hydrogen) atoms. The first kappa shape index (κ1) is 13.2. The van der Waals surface area contributed by atoms with Crippen LogP contribution in [0.15, 0.2) is 29.2 Å². The van der Waals surface area contributed by atoms with Crippen molar-refractivity contribution in [3.05, 3.63) is 41.3 Å². The Labute approximate surface area is 122 Å². The first-order valence-electron chi connectivity index (χ1n) is 6.70. The Balaban J connectivity index is 1.92. The van der Waals surface area contributed by atoms with Gasteiger partial charge >= 0.3 is 0 Å². The molecular weight excluding hydrogens is 270 g/mol. The molecule has 0 saturated heterocycles. The molecule has 0 spiro atoms. The fourth-order valence-corrected chi connectivity index (χ4v) is 3.35. The molecule has 1 aliphatic rings. The van der Waals surface area contributed by atoms with Crippen molar-refractivity contribution < 1.29 is 4.74 Å². The number of hydrogen-bond acceptors (Lipinski definition) is 5. The number of benzene rings is 1. The van der Waals surface area contributed by atoms with Crippen molar-refractivity contribution in [3.63, 3.8) is 0 Å². The standard InChI is InChI=1S/C15H17N3OS/c1-3-10-9(2)17-15(18-14(10)16)12-8-20-13-7-5-4-6-11(13)19-12/h4-7,12H,3,8H2,1-2H3,(H2,16,17,18). The number of fused-ring (bicyclic) bond motifs is 1. The van der Waals surface area contributed by atoms with Crippen molar-refractivity contribution in [1.82, 2.24) is 9.97 Å². The molecule has 1 aliphatic heterocycles. The first-order chi connectivity index (χ1) is 9.69. The van der Waals surface area contributed by atoms with Gasteiger partial charge in [0.15, 0.2) is 11.9 Å². The SMILES string of the molecule is CCc1c(C)nc(C2CSc3ccccc3O2)nc1N. The Hall–Kier alpha value is -1.75. The van der Waals surface area contributed by atoms with Crippen LogP contribution in [-0.4, -0.2) is 15.7 Å². The molecule has 0 radical (unpaired) electrons. The molecule has 2 aromatic rings. The molecule has 1 unspecified atom stereocenters. The molecule has 2 heterocycles. The van der Waals surface area contributed by atoms with E-state index < -0.39 is 0 Å². The highest BCUT2D eigenvalue weighted by Gasteiger charge is 2.25. The summed E-state index contributed by atoms with van der Waals surface area (Å²) in [4.78, 5) is 10.2. The average molecular weight is 287 g/mol. The van der Waals surface area contributed by atoms with Gasteiger partial charge in [-0.25, -0.2) is 9.97 Å². The van der Waals surface area contributed by atoms with Gasteiger partial charge in [-0.3, -0.25) is 0 Å². The third-order valence-corrected chi connectivity index (χ3v) is 4.53. The largest absolute Gasteiger partial charge is 0.480 e. The lowest BCUT2D eigenvalue weighted by Crippen LogP contribution is -2.19. The summed E-state index contributed by atoms with van der Waals surface area (Å²) in [6.45, 7) is 4.04. The number of rotatable bonds is 2. The summed E-state index contributed by atoms with van der Waals surface area (Å²) in [7, 11) is 0. The van der Waals surface area contributed by atoms with E-state index in [-0.39, 0.29) is 6.10 Å². The van der Waals surface area contributed by atoms with E-state index in [1.54, 1.807) is 11.8 Å². The van der Waals surface area contributed by atoms with E-state index in [2.05, 4.69) is 23.0 Å². The van der Waals surface area contributed by atoms with Crippen LogP contribution >= 0.6 is 11.8 Å². The quantitative estimate of drug-likeness (QED) is 0.919. The Bertz CT molecular complexity index is 622. The van der Waals surface area contributed by atoms with Crippen LogP contribution in [0, 0.1) is 6.92 Å². The smallest absolute Gasteiger partial charge is 0.172 e. The molecule has 1 aromatic carbocycles. The number of nitrogen functional groups attached to an aromatic ring is 1. The molecule has 1 aromatic heterocycles. The molecule has 4 nitrogen and oxygen atoms in total. The van der Waals surface area contributed by atoms with Gasteiger partial charge in [0.25, 0.3) is 0 Å². The Morgan fingerprint density at radius 2 is 2.15 bits per heavy atom. The lowest BCUT2D eigenvalue weighted by atomic mass is 10.1. The van der Waals surface area contributed by atoms with E-state index >= 15 is 0 Å². The number of ether oxygens (including phenoxy) is 1. The van der Waals surface area contributed by atoms with Crippen LogP contribution < -0.4 is 10.5 Å². The zero-order chi connectivity index (χ0) is 14.1. The van der Waals surface area contributed by atoms with Crippen LogP contribution in [0.4, 0.5) is 5.82 Å². The van der Waals surface area contributed by atoms with E-state index in [1.807, 2.05) is 25.1 Å².